The van der Waals surface area contributed by atoms with Gasteiger partial charge in [0.2, 0.25) is 5.91 Å². The van der Waals surface area contributed by atoms with E-state index in [1.165, 1.54) is 13.2 Å². The molecule has 0 aliphatic heterocycles. The number of rotatable bonds is 9. The van der Waals surface area contributed by atoms with E-state index in [4.69, 9.17) is 9.47 Å². The van der Waals surface area contributed by atoms with Gasteiger partial charge in [0.05, 0.1) is 19.2 Å². The molecule has 2 aromatic carbocycles. The molecule has 0 fully saturated rings. The van der Waals surface area contributed by atoms with Crippen LogP contribution >= 0.6 is 0 Å². The zero-order valence-electron chi connectivity index (χ0n) is 16.4. The molecule has 2 rings (SSSR count). The van der Waals surface area contributed by atoms with Crippen LogP contribution in [-0.4, -0.2) is 50.5 Å². The highest BCUT2D eigenvalue weighted by Crippen LogP contribution is 2.16. The smallest absolute Gasteiger partial charge is 0.325 e. The van der Waals surface area contributed by atoms with Crippen LogP contribution in [0.25, 0.3) is 0 Å². The van der Waals surface area contributed by atoms with Gasteiger partial charge in [0.1, 0.15) is 12.3 Å². The fraction of sp³-hybridized carbons (Fsp3) is 0.200. The van der Waals surface area contributed by atoms with Crippen LogP contribution in [0, 0.1) is 11.6 Å². The summed E-state index contributed by atoms with van der Waals surface area (Å²) in [5.74, 6) is -4.77. The number of halogens is 2. The van der Waals surface area contributed by atoms with Crippen LogP contribution in [0.4, 0.5) is 14.5 Å². The quantitative estimate of drug-likeness (QED) is 0.505. The Kier molecular flexibility index (Phi) is 8.43. The van der Waals surface area contributed by atoms with Crippen molar-refractivity contribution in [1.29, 1.82) is 0 Å². The minimum atomic E-state index is -1.13. The van der Waals surface area contributed by atoms with Crippen molar-refractivity contribution in [1.82, 2.24) is 10.6 Å². The van der Waals surface area contributed by atoms with Gasteiger partial charge in [-0.1, -0.05) is 12.1 Å². The second-order valence-electron chi connectivity index (χ2n) is 6.00. The fourth-order valence-corrected chi connectivity index (χ4v) is 2.29. The first-order chi connectivity index (χ1) is 14.8. The lowest BCUT2D eigenvalue weighted by molar-refractivity contribution is -0.147. The number of carbonyl (C=O) groups excluding carboxylic acids is 4. The molecule has 0 radical (unpaired) electrons. The molecule has 0 saturated carbocycles. The monoisotopic (exact) mass is 435 g/mol. The molecule has 0 aliphatic carbocycles. The molecule has 0 spiro atoms. The topological polar surface area (TPSA) is 123 Å². The number of nitrogens with one attached hydrogen (secondary N) is 3. The van der Waals surface area contributed by atoms with Gasteiger partial charge in [0.15, 0.2) is 18.2 Å². The van der Waals surface area contributed by atoms with Gasteiger partial charge in [0.25, 0.3) is 11.8 Å². The number of hydrogen-bond acceptors (Lipinski definition) is 6. The SMILES string of the molecule is COc1ccccc1C(=O)NCC(=O)OCC(=O)NCC(=O)Nc1ccc(F)c(F)c1. The van der Waals surface area contributed by atoms with Crippen LogP contribution in [0.2, 0.25) is 0 Å². The second kappa shape index (κ2) is 11.2. The standard InChI is InChI=1S/C20H19F2N3O6/c1-30-16-5-3-2-4-13(16)20(29)24-10-19(28)31-11-18(27)23-9-17(26)25-12-6-7-14(21)15(22)8-12/h2-8H,9-11H2,1H3,(H,23,27)(H,24,29)(H,25,26). The third-order valence-corrected chi connectivity index (χ3v) is 3.76. The van der Waals surface area contributed by atoms with Crippen LogP contribution in [-0.2, 0) is 19.1 Å². The lowest BCUT2D eigenvalue weighted by Crippen LogP contribution is -2.37. The Bertz CT molecular complexity index is 983. The highest BCUT2D eigenvalue weighted by molar-refractivity contribution is 5.98. The van der Waals surface area contributed by atoms with E-state index in [1.807, 2.05) is 0 Å². The lowest BCUT2D eigenvalue weighted by atomic mass is 10.2. The number of benzene rings is 2. The van der Waals surface area contributed by atoms with Crippen molar-refractivity contribution in [3.05, 3.63) is 59.7 Å². The molecule has 0 saturated heterocycles. The fourth-order valence-electron chi connectivity index (χ4n) is 2.29. The van der Waals surface area contributed by atoms with Gasteiger partial charge >= 0.3 is 5.97 Å². The summed E-state index contributed by atoms with van der Waals surface area (Å²) in [7, 11) is 1.40. The maximum Gasteiger partial charge on any atom is 0.325 e. The average molecular weight is 435 g/mol. The first-order valence-corrected chi connectivity index (χ1v) is 8.88. The van der Waals surface area contributed by atoms with Gasteiger partial charge in [-0.2, -0.15) is 0 Å². The van der Waals surface area contributed by atoms with Gasteiger partial charge in [-0.05, 0) is 24.3 Å². The largest absolute Gasteiger partial charge is 0.496 e. The molecule has 0 aromatic heterocycles. The molecule has 31 heavy (non-hydrogen) atoms. The number of para-hydroxylation sites is 1. The summed E-state index contributed by atoms with van der Waals surface area (Å²) in [6.45, 7) is -1.65. The van der Waals surface area contributed by atoms with Crippen LogP contribution in [0.3, 0.4) is 0 Å². The summed E-state index contributed by atoms with van der Waals surface area (Å²) < 4.78 is 35.7. The average Bonchev–Trinajstić information content (AvgIpc) is 2.77. The Morgan fingerprint density at radius 3 is 2.35 bits per heavy atom. The normalized spacial score (nSPS) is 10.0. The van der Waals surface area contributed by atoms with E-state index in [0.717, 1.165) is 18.2 Å². The zero-order chi connectivity index (χ0) is 22.8. The molecule has 0 bridgehead atoms. The van der Waals surface area contributed by atoms with Crippen molar-refractivity contribution in [3.8, 4) is 5.75 Å². The summed E-state index contributed by atoms with van der Waals surface area (Å²) in [6.07, 6.45) is 0. The molecule has 0 aliphatic rings. The lowest BCUT2D eigenvalue weighted by Gasteiger charge is -2.10. The molecule has 2 aromatic rings. The summed E-state index contributed by atoms with van der Waals surface area (Å²) in [6, 6.07) is 9.19. The van der Waals surface area contributed by atoms with Crippen LogP contribution in [0.15, 0.2) is 42.5 Å². The molecule has 11 heteroatoms. The number of ether oxygens (including phenoxy) is 2. The summed E-state index contributed by atoms with van der Waals surface area (Å²) >= 11 is 0. The first kappa shape index (κ1) is 23.3. The van der Waals surface area contributed by atoms with Gasteiger partial charge < -0.3 is 25.4 Å². The predicted molar refractivity (Wildman–Crippen MR) is 104 cm³/mol. The molecule has 9 nitrogen and oxygen atoms in total. The minimum absolute atomic E-state index is 0.00960. The number of methoxy groups -OCH3 is 1. The van der Waals surface area contributed by atoms with Crippen molar-refractivity contribution in [2.75, 3.05) is 32.1 Å². The number of hydrogen-bond donors (Lipinski definition) is 3. The van der Waals surface area contributed by atoms with E-state index in [0.29, 0.717) is 5.75 Å². The van der Waals surface area contributed by atoms with Crippen molar-refractivity contribution >= 4 is 29.4 Å². The van der Waals surface area contributed by atoms with Gasteiger partial charge in [-0.3, -0.25) is 19.2 Å². The highest BCUT2D eigenvalue weighted by Gasteiger charge is 2.14. The molecule has 0 unspecified atom stereocenters. The van der Waals surface area contributed by atoms with Crippen molar-refractivity contribution in [3.63, 3.8) is 0 Å². The predicted octanol–water partition coefficient (Wildman–Crippen LogP) is 1.00. The number of amides is 3. The molecular formula is C20H19F2N3O6. The molecule has 0 heterocycles. The number of carbonyl (C=O) groups is 4. The molecule has 3 amide bonds. The maximum atomic E-state index is 13.1. The molecule has 3 N–H and O–H groups in total. The van der Waals surface area contributed by atoms with E-state index < -0.39 is 55.0 Å². The minimum Gasteiger partial charge on any atom is -0.496 e. The Morgan fingerprint density at radius 2 is 1.65 bits per heavy atom. The first-order valence-electron chi connectivity index (χ1n) is 8.88. The van der Waals surface area contributed by atoms with Crippen LogP contribution in [0.1, 0.15) is 10.4 Å². The van der Waals surface area contributed by atoms with Gasteiger partial charge in [0, 0.05) is 11.8 Å². The third kappa shape index (κ3) is 7.38. The highest BCUT2D eigenvalue weighted by atomic mass is 19.2. The van der Waals surface area contributed by atoms with E-state index in [-0.39, 0.29) is 11.3 Å². The van der Waals surface area contributed by atoms with Gasteiger partial charge in [-0.15, -0.1) is 0 Å². The number of anilines is 1. The molecule has 0 atom stereocenters. The Labute approximate surface area is 175 Å². The molecular weight excluding hydrogens is 416 g/mol. The Morgan fingerprint density at radius 1 is 0.903 bits per heavy atom. The van der Waals surface area contributed by atoms with E-state index in [1.54, 1.807) is 18.2 Å². The van der Waals surface area contributed by atoms with Crippen LogP contribution in [0.5, 0.6) is 5.75 Å². The van der Waals surface area contributed by atoms with Crippen molar-refractivity contribution in [2.24, 2.45) is 0 Å². The third-order valence-electron chi connectivity index (χ3n) is 3.76. The van der Waals surface area contributed by atoms with E-state index in [9.17, 15) is 28.0 Å². The summed E-state index contributed by atoms with van der Waals surface area (Å²) in [5.41, 5.74) is 0.234. The van der Waals surface area contributed by atoms with Gasteiger partial charge in [-0.25, -0.2) is 8.78 Å². The Balaban J connectivity index is 1.68. The van der Waals surface area contributed by atoms with E-state index in [2.05, 4.69) is 16.0 Å². The van der Waals surface area contributed by atoms with E-state index >= 15 is 0 Å². The zero-order valence-corrected chi connectivity index (χ0v) is 16.4. The summed E-state index contributed by atoms with van der Waals surface area (Å²) in [4.78, 5) is 47.1. The second-order valence-corrected chi connectivity index (χ2v) is 6.00. The maximum absolute atomic E-state index is 13.1. The Hall–Kier alpha value is -4.02. The van der Waals surface area contributed by atoms with Crippen LogP contribution < -0.4 is 20.7 Å². The number of esters is 1. The van der Waals surface area contributed by atoms with Crippen molar-refractivity contribution in [2.45, 2.75) is 0 Å². The molecule has 164 valence electrons. The summed E-state index contributed by atoms with van der Waals surface area (Å²) in [5, 5.41) is 6.79. The van der Waals surface area contributed by atoms with Crippen molar-refractivity contribution < 1.29 is 37.4 Å².